The van der Waals surface area contributed by atoms with Gasteiger partial charge in [-0.2, -0.15) is 0 Å². The number of rotatable bonds is 7. The monoisotopic (exact) mass is 653 g/mol. The zero-order chi connectivity index (χ0) is 34.0. The molecule has 2 amide bonds. The number of pyridine rings is 1. The Balaban J connectivity index is 1.04. The van der Waals surface area contributed by atoms with Crippen LogP contribution in [0.2, 0.25) is 0 Å². The molecule has 3 saturated heterocycles. The molecule has 3 atom stereocenters. The molecule has 5 heterocycles. The van der Waals surface area contributed by atoms with Gasteiger partial charge in [0.2, 0.25) is 11.8 Å². The predicted molar refractivity (Wildman–Crippen MR) is 189 cm³/mol. The van der Waals surface area contributed by atoms with E-state index < -0.39 is 5.41 Å². The minimum Gasteiger partial charge on any atom is -0.383 e. The molecule has 48 heavy (non-hydrogen) atoms. The number of amides is 2. The first-order valence-electron chi connectivity index (χ1n) is 16.9. The summed E-state index contributed by atoms with van der Waals surface area (Å²) in [4.78, 5) is 48.0. The number of ether oxygens (including phenoxy) is 1. The van der Waals surface area contributed by atoms with Gasteiger partial charge in [0, 0.05) is 51.9 Å². The molecule has 3 N–H and O–H groups in total. The van der Waals surface area contributed by atoms with Crippen LogP contribution in [-0.2, 0) is 14.3 Å². The minimum absolute atomic E-state index is 0.0371. The van der Waals surface area contributed by atoms with Gasteiger partial charge in [-0.15, -0.1) is 0 Å². The molecule has 6 rings (SSSR count). The number of hydrogen-bond acceptors (Lipinski definition) is 7. The Hall–Kier alpha value is -4.42. The van der Waals surface area contributed by atoms with Gasteiger partial charge in [0.25, 0.3) is 0 Å². The average molecular weight is 654 g/mol. The van der Waals surface area contributed by atoms with Crippen molar-refractivity contribution in [3.05, 3.63) is 64.9 Å². The number of carbonyl (C=O) groups is 2. The lowest BCUT2D eigenvalue weighted by molar-refractivity contribution is -0.132. The van der Waals surface area contributed by atoms with E-state index >= 15 is 0 Å². The Labute approximate surface area is 282 Å². The maximum atomic E-state index is 13.9. The van der Waals surface area contributed by atoms with E-state index in [1.165, 1.54) is 11.9 Å². The van der Waals surface area contributed by atoms with E-state index in [0.717, 1.165) is 36.0 Å². The summed E-state index contributed by atoms with van der Waals surface area (Å²) in [5.74, 6) is 1.55. The first-order chi connectivity index (χ1) is 23.1. The largest absolute Gasteiger partial charge is 0.383 e. The number of aromatic nitrogens is 1. The van der Waals surface area contributed by atoms with Crippen molar-refractivity contribution >= 4 is 41.2 Å². The molecule has 4 aliphatic heterocycles. The van der Waals surface area contributed by atoms with Gasteiger partial charge in [0.05, 0.1) is 24.2 Å². The normalized spacial score (nSPS) is 25.4. The number of nitrogens with zero attached hydrogens (tertiary/aromatic N) is 7. The minimum atomic E-state index is -0.506. The van der Waals surface area contributed by atoms with E-state index in [1.807, 2.05) is 67.0 Å². The van der Waals surface area contributed by atoms with Crippen LogP contribution >= 0.6 is 0 Å². The molecule has 0 radical (unpaired) electrons. The number of anilines is 1. The number of hydrogen-bond donors (Lipinski definition) is 2. The molecule has 2 aromatic rings. The fourth-order valence-electron chi connectivity index (χ4n) is 7.43. The number of carbonyl (C=O) groups excluding carboxylic acids is 2. The van der Waals surface area contributed by atoms with Crippen LogP contribution < -0.4 is 10.6 Å². The average Bonchev–Trinajstić information content (AvgIpc) is 3.64. The van der Waals surface area contributed by atoms with Crippen LogP contribution in [0.4, 0.5) is 5.82 Å². The third-order valence-corrected chi connectivity index (χ3v) is 10.0. The summed E-state index contributed by atoms with van der Waals surface area (Å²) in [6.45, 7) is 10.7. The van der Waals surface area contributed by atoms with E-state index in [2.05, 4.69) is 21.0 Å². The van der Waals surface area contributed by atoms with Gasteiger partial charge in [-0.1, -0.05) is 36.4 Å². The summed E-state index contributed by atoms with van der Waals surface area (Å²) >= 11 is 0. The molecule has 3 fully saturated rings. The van der Waals surface area contributed by atoms with Gasteiger partial charge in [0.15, 0.2) is 0 Å². The van der Waals surface area contributed by atoms with Crippen molar-refractivity contribution in [2.75, 3.05) is 64.3 Å². The molecule has 0 aliphatic carbocycles. The Morgan fingerprint density at radius 3 is 2.50 bits per heavy atom. The highest BCUT2D eigenvalue weighted by molar-refractivity contribution is 6.02. The van der Waals surface area contributed by atoms with Crippen molar-refractivity contribution in [1.82, 2.24) is 19.7 Å². The first kappa shape index (κ1) is 33.5. The quantitative estimate of drug-likeness (QED) is 0.346. The number of amidine groups is 2. The summed E-state index contributed by atoms with van der Waals surface area (Å²) < 4.78 is 5.86. The molecular formula is C36H47N9O3. The molecular weight excluding hydrogens is 606 g/mol. The maximum absolute atomic E-state index is 13.9. The van der Waals surface area contributed by atoms with Crippen molar-refractivity contribution in [1.29, 1.82) is 5.41 Å². The van der Waals surface area contributed by atoms with Gasteiger partial charge < -0.3 is 20.3 Å². The molecule has 12 nitrogen and oxygen atoms in total. The van der Waals surface area contributed by atoms with Crippen molar-refractivity contribution in [3.8, 4) is 0 Å². The maximum Gasteiger partial charge on any atom is 0.237 e. The van der Waals surface area contributed by atoms with E-state index in [4.69, 9.17) is 20.9 Å². The molecule has 0 bridgehead atoms. The lowest BCUT2D eigenvalue weighted by atomic mass is 9.85. The smallest absolute Gasteiger partial charge is 0.237 e. The lowest BCUT2D eigenvalue weighted by Gasteiger charge is -2.37. The van der Waals surface area contributed by atoms with Crippen LogP contribution in [0.3, 0.4) is 0 Å². The predicted octanol–water partition coefficient (Wildman–Crippen LogP) is 2.93. The Kier molecular flexibility index (Phi) is 9.75. The molecule has 12 heteroatoms. The highest BCUT2D eigenvalue weighted by Gasteiger charge is 2.51. The number of aliphatic imine (C=N–C) groups is 2. The zero-order valence-electron chi connectivity index (χ0n) is 28.5. The highest BCUT2D eigenvalue weighted by Crippen LogP contribution is 2.42. The van der Waals surface area contributed by atoms with Crippen LogP contribution in [0.25, 0.3) is 5.57 Å². The number of likely N-dealkylation sites (tertiary alicyclic amines) is 1. The van der Waals surface area contributed by atoms with Crippen LogP contribution in [0.15, 0.2) is 52.5 Å². The van der Waals surface area contributed by atoms with E-state index in [9.17, 15) is 9.59 Å². The van der Waals surface area contributed by atoms with Gasteiger partial charge in [0.1, 0.15) is 29.5 Å². The topological polar surface area (TPSA) is 144 Å². The second-order valence-corrected chi connectivity index (χ2v) is 13.6. The van der Waals surface area contributed by atoms with Crippen molar-refractivity contribution in [3.63, 3.8) is 0 Å². The molecule has 0 unspecified atom stereocenters. The van der Waals surface area contributed by atoms with E-state index in [0.29, 0.717) is 75.5 Å². The van der Waals surface area contributed by atoms with Gasteiger partial charge in [-0.3, -0.25) is 29.8 Å². The SMILES string of the molecule is CN=CN=C(N)c1ccc(C2=CCN(C(=O)CN3CC[C@]4(CCN(c5ccc(C)c(C(=N)N6C[C@@H](C)O[C@@H](C)C6)n5)C4=O)C3)CC2)cc1. The zero-order valence-corrected chi connectivity index (χ0v) is 28.5. The Bertz CT molecular complexity index is 1640. The van der Waals surface area contributed by atoms with Crippen molar-refractivity contribution < 1.29 is 14.3 Å². The number of aryl methyl sites for hydroxylation is 1. The summed E-state index contributed by atoms with van der Waals surface area (Å²) in [6, 6.07) is 11.8. The lowest BCUT2D eigenvalue weighted by Crippen LogP contribution is -2.48. The standard InChI is InChI=1S/C36H47N9O3/c1-24-5-10-30(41-32(24)34(38)44-19-25(2)48-26(3)20-44)45-18-14-36(35(45)47)13-17-42(22-36)21-31(46)43-15-11-28(12-16-43)27-6-8-29(9-7-27)33(37)40-23-39-4/h5-11,23,25-26,38H,12-22H2,1-4H3,(H2,37,39,40)/t25-,26+,36-/m0/s1. The third-order valence-electron chi connectivity index (χ3n) is 10.0. The fourth-order valence-corrected chi connectivity index (χ4v) is 7.43. The molecule has 0 saturated carbocycles. The number of nitrogens with two attached hydrogens (primary N) is 1. The van der Waals surface area contributed by atoms with Gasteiger partial charge in [-0.05, 0) is 69.3 Å². The van der Waals surface area contributed by atoms with Gasteiger partial charge >= 0.3 is 0 Å². The number of benzene rings is 1. The Morgan fingerprint density at radius 1 is 1.08 bits per heavy atom. The van der Waals surface area contributed by atoms with Crippen molar-refractivity contribution in [2.45, 2.75) is 52.2 Å². The molecule has 4 aliphatic rings. The number of nitrogens with one attached hydrogen (secondary N) is 1. The molecule has 1 spiro atoms. The van der Waals surface area contributed by atoms with Crippen LogP contribution in [0.5, 0.6) is 0 Å². The summed E-state index contributed by atoms with van der Waals surface area (Å²) in [5.41, 5.74) is 10.2. The Morgan fingerprint density at radius 2 is 1.81 bits per heavy atom. The summed E-state index contributed by atoms with van der Waals surface area (Å²) in [5, 5.41) is 8.94. The fraction of sp³-hybridized carbons (Fsp3) is 0.500. The van der Waals surface area contributed by atoms with Gasteiger partial charge in [-0.25, -0.2) is 9.98 Å². The summed E-state index contributed by atoms with van der Waals surface area (Å²) in [7, 11) is 1.65. The second-order valence-electron chi connectivity index (χ2n) is 13.6. The molecule has 1 aromatic heterocycles. The van der Waals surface area contributed by atoms with Crippen molar-refractivity contribution in [2.24, 2.45) is 21.1 Å². The second kappa shape index (κ2) is 14.0. The first-order valence-corrected chi connectivity index (χ1v) is 16.9. The molecule has 254 valence electrons. The van der Waals surface area contributed by atoms with E-state index in [-0.39, 0.29) is 24.0 Å². The summed E-state index contributed by atoms with van der Waals surface area (Å²) in [6.07, 6.45) is 5.88. The van der Waals surface area contributed by atoms with Crippen LogP contribution in [-0.4, -0.2) is 121 Å². The number of morpholine rings is 1. The van der Waals surface area contributed by atoms with E-state index in [1.54, 1.807) is 11.9 Å². The van der Waals surface area contributed by atoms with Crippen LogP contribution in [0.1, 0.15) is 55.5 Å². The highest BCUT2D eigenvalue weighted by atomic mass is 16.5. The van der Waals surface area contributed by atoms with Crippen LogP contribution in [0, 0.1) is 17.7 Å². The third kappa shape index (κ3) is 6.91. The molecule has 1 aromatic carbocycles.